The molecule has 0 aliphatic carbocycles. The van der Waals surface area contributed by atoms with Gasteiger partial charge in [-0.1, -0.05) is 12.1 Å². The normalized spacial score (nSPS) is 9.90. The number of nitrogen functional groups attached to an aromatic ring is 1. The summed E-state index contributed by atoms with van der Waals surface area (Å²) < 4.78 is 0. The zero-order valence-corrected chi connectivity index (χ0v) is 11.1. The van der Waals surface area contributed by atoms with Crippen molar-refractivity contribution in [2.45, 2.75) is 0 Å². The summed E-state index contributed by atoms with van der Waals surface area (Å²) >= 11 is 0. The third-order valence-corrected chi connectivity index (χ3v) is 2.72. The smallest absolute Gasteiger partial charge is 0.273 e. The summed E-state index contributed by atoms with van der Waals surface area (Å²) in [7, 11) is 0. The van der Waals surface area contributed by atoms with Crippen molar-refractivity contribution >= 4 is 11.7 Å². The zero-order valence-electron chi connectivity index (χ0n) is 11.1. The largest absolute Gasteiger partial charge is 0.395 e. The molecule has 106 valence electrons. The highest BCUT2D eigenvalue weighted by molar-refractivity contribution is 5.96. The number of amides is 1. The fraction of sp³-hybridized carbons (Fsp3) is 0.143. The predicted octanol–water partition coefficient (Wildman–Crippen LogP) is 0.320. The van der Waals surface area contributed by atoms with Crippen molar-refractivity contribution in [2.75, 3.05) is 18.9 Å². The van der Waals surface area contributed by atoms with Crippen LogP contribution >= 0.6 is 0 Å². The van der Waals surface area contributed by atoms with Crippen LogP contribution in [0.2, 0.25) is 0 Å². The highest BCUT2D eigenvalue weighted by atomic mass is 16.3. The Bertz CT molecular complexity index is 692. The van der Waals surface area contributed by atoms with Gasteiger partial charge in [-0.2, -0.15) is 5.26 Å². The molecular weight excluding hydrogens is 270 g/mol. The topological polar surface area (TPSA) is 125 Å². The molecule has 0 fully saturated rings. The van der Waals surface area contributed by atoms with Crippen molar-refractivity contribution < 1.29 is 9.90 Å². The molecule has 0 aliphatic heterocycles. The molecule has 7 heteroatoms. The molecule has 21 heavy (non-hydrogen) atoms. The molecule has 1 aromatic heterocycles. The van der Waals surface area contributed by atoms with Crippen LogP contribution in [-0.2, 0) is 0 Å². The lowest BCUT2D eigenvalue weighted by molar-refractivity contribution is 0.0940. The van der Waals surface area contributed by atoms with Crippen molar-refractivity contribution in [3.63, 3.8) is 0 Å². The molecule has 0 unspecified atom stereocenters. The molecule has 1 aromatic carbocycles. The number of rotatable bonds is 4. The summed E-state index contributed by atoms with van der Waals surface area (Å²) in [5.74, 6) is -0.479. The van der Waals surface area contributed by atoms with Gasteiger partial charge in [-0.3, -0.25) is 4.79 Å². The van der Waals surface area contributed by atoms with E-state index in [4.69, 9.17) is 16.1 Å². The number of aliphatic hydroxyl groups excluding tert-OH is 1. The second-order valence-corrected chi connectivity index (χ2v) is 4.16. The summed E-state index contributed by atoms with van der Waals surface area (Å²) in [6, 6.07) is 8.76. The first-order chi connectivity index (χ1) is 10.2. The monoisotopic (exact) mass is 283 g/mol. The van der Waals surface area contributed by atoms with Crippen LogP contribution in [0.3, 0.4) is 0 Å². The summed E-state index contributed by atoms with van der Waals surface area (Å²) in [5.41, 5.74) is 7.38. The van der Waals surface area contributed by atoms with E-state index in [0.29, 0.717) is 11.3 Å². The van der Waals surface area contributed by atoms with Crippen LogP contribution < -0.4 is 11.1 Å². The van der Waals surface area contributed by atoms with Gasteiger partial charge >= 0.3 is 0 Å². The van der Waals surface area contributed by atoms with E-state index in [0.717, 1.165) is 5.56 Å². The molecule has 1 heterocycles. The van der Waals surface area contributed by atoms with Gasteiger partial charge in [0, 0.05) is 12.1 Å². The summed E-state index contributed by atoms with van der Waals surface area (Å²) in [4.78, 5) is 20.0. The second-order valence-electron chi connectivity index (χ2n) is 4.16. The highest BCUT2D eigenvalue weighted by Crippen LogP contribution is 2.18. The Kier molecular flexibility index (Phi) is 4.43. The number of benzene rings is 1. The maximum atomic E-state index is 11.9. The lowest BCUT2D eigenvalue weighted by atomic mass is 10.1. The number of nitrogens with one attached hydrogen (secondary N) is 1. The van der Waals surface area contributed by atoms with Gasteiger partial charge < -0.3 is 16.2 Å². The summed E-state index contributed by atoms with van der Waals surface area (Å²) in [6.07, 6.45) is 1.46. The van der Waals surface area contributed by atoms with E-state index in [1.807, 2.05) is 6.07 Å². The van der Waals surface area contributed by atoms with Gasteiger partial charge in [-0.15, -0.1) is 0 Å². The van der Waals surface area contributed by atoms with Gasteiger partial charge in [0.15, 0.2) is 11.5 Å². The molecule has 2 aromatic rings. The Morgan fingerprint density at radius 1 is 1.38 bits per heavy atom. The third kappa shape index (κ3) is 3.32. The number of nitriles is 1. The Balaban J connectivity index is 2.33. The first kappa shape index (κ1) is 14.4. The van der Waals surface area contributed by atoms with Crippen molar-refractivity contribution in [2.24, 2.45) is 0 Å². The minimum Gasteiger partial charge on any atom is -0.395 e. The van der Waals surface area contributed by atoms with Crippen LogP contribution in [-0.4, -0.2) is 34.1 Å². The molecule has 0 saturated heterocycles. The Morgan fingerprint density at radius 3 is 2.71 bits per heavy atom. The minimum atomic E-state index is -0.496. The van der Waals surface area contributed by atoms with Crippen molar-refractivity contribution in [1.29, 1.82) is 5.26 Å². The first-order valence-corrected chi connectivity index (χ1v) is 6.18. The predicted molar refractivity (Wildman–Crippen MR) is 76.0 cm³/mol. The molecule has 1 amide bonds. The first-order valence-electron chi connectivity index (χ1n) is 6.18. The number of aromatic nitrogens is 2. The van der Waals surface area contributed by atoms with Crippen LogP contribution in [0.4, 0.5) is 5.82 Å². The number of carbonyl (C=O) groups is 1. The lowest BCUT2D eigenvalue weighted by Gasteiger charge is -2.07. The lowest BCUT2D eigenvalue weighted by Crippen LogP contribution is -2.28. The second kappa shape index (κ2) is 6.45. The van der Waals surface area contributed by atoms with Gasteiger partial charge in [-0.05, 0) is 12.1 Å². The van der Waals surface area contributed by atoms with E-state index in [1.165, 1.54) is 6.20 Å². The van der Waals surface area contributed by atoms with Gasteiger partial charge in [0.1, 0.15) is 0 Å². The average Bonchev–Trinajstić information content (AvgIpc) is 2.53. The third-order valence-electron chi connectivity index (χ3n) is 2.72. The number of nitrogens with two attached hydrogens (primary N) is 1. The molecule has 2 rings (SSSR count). The quantitative estimate of drug-likeness (QED) is 0.742. The summed E-state index contributed by atoms with van der Waals surface area (Å²) in [6.45, 7) is -0.0601. The fourth-order valence-electron chi connectivity index (χ4n) is 1.67. The Labute approximate surface area is 121 Å². The van der Waals surface area contributed by atoms with Gasteiger partial charge in [0.2, 0.25) is 0 Å². The maximum Gasteiger partial charge on any atom is 0.273 e. The minimum absolute atomic E-state index is 0.00492. The van der Waals surface area contributed by atoms with E-state index in [-0.39, 0.29) is 24.7 Å². The van der Waals surface area contributed by atoms with Crippen molar-refractivity contribution in [3.8, 4) is 17.3 Å². The van der Waals surface area contributed by atoms with E-state index in [2.05, 4.69) is 15.3 Å². The standard InChI is InChI=1S/C14H13N5O2/c15-7-9-1-3-10(4-2-9)11-8-18-13(16)12(19-11)14(21)17-5-6-20/h1-4,8,20H,5-6H2,(H2,16,18)(H,17,21). The summed E-state index contributed by atoms with van der Waals surface area (Å²) in [5, 5.41) is 19.9. The molecule has 0 atom stereocenters. The number of nitrogens with zero attached hydrogens (tertiary/aromatic N) is 3. The fourth-order valence-corrected chi connectivity index (χ4v) is 1.67. The SMILES string of the molecule is N#Cc1ccc(-c2cnc(N)c(C(=O)NCCO)n2)cc1. The zero-order chi connectivity index (χ0) is 15.2. The van der Waals surface area contributed by atoms with E-state index in [9.17, 15) is 4.79 Å². The van der Waals surface area contributed by atoms with E-state index < -0.39 is 5.91 Å². The average molecular weight is 283 g/mol. The van der Waals surface area contributed by atoms with Crippen molar-refractivity contribution in [3.05, 3.63) is 41.7 Å². The molecule has 0 bridgehead atoms. The van der Waals surface area contributed by atoms with Crippen molar-refractivity contribution in [1.82, 2.24) is 15.3 Å². The number of anilines is 1. The Morgan fingerprint density at radius 2 is 2.10 bits per heavy atom. The van der Waals surface area contributed by atoms with E-state index in [1.54, 1.807) is 24.3 Å². The number of aliphatic hydroxyl groups is 1. The molecular formula is C14H13N5O2. The number of hydrogen-bond donors (Lipinski definition) is 3. The van der Waals surface area contributed by atoms with Gasteiger partial charge in [-0.25, -0.2) is 9.97 Å². The van der Waals surface area contributed by atoms with Crippen LogP contribution in [0.5, 0.6) is 0 Å². The molecule has 0 radical (unpaired) electrons. The van der Waals surface area contributed by atoms with Crippen LogP contribution in [0, 0.1) is 11.3 Å². The van der Waals surface area contributed by atoms with Gasteiger partial charge in [0.25, 0.3) is 5.91 Å². The van der Waals surface area contributed by atoms with Crippen LogP contribution in [0.15, 0.2) is 30.5 Å². The Hall–Kier alpha value is -2.98. The van der Waals surface area contributed by atoms with E-state index >= 15 is 0 Å². The van der Waals surface area contributed by atoms with Gasteiger partial charge in [0.05, 0.1) is 30.1 Å². The number of hydrogen-bond acceptors (Lipinski definition) is 6. The molecule has 7 nitrogen and oxygen atoms in total. The number of carbonyl (C=O) groups excluding carboxylic acids is 1. The highest BCUT2D eigenvalue weighted by Gasteiger charge is 2.14. The molecule has 0 aliphatic rings. The molecule has 4 N–H and O–H groups in total. The molecule has 0 spiro atoms. The maximum absolute atomic E-state index is 11.9. The van der Waals surface area contributed by atoms with Crippen LogP contribution in [0.25, 0.3) is 11.3 Å². The van der Waals surface area contributed by atoms with Crippen LogP contribution in [0.1, 0.15) is 16.1 Å². The molecule has 0 saturated carbocycles.